The molecule has 94 valence electrons. The van der Waals surface area contributed by atoms with Crippen molar-refractivity contribution < 1.29 is 4.79 Å². The Balaban J connectivity index is 2.24. The van der Waals surface area contributed by atoms with E-state index in [-0.39, 0.29) is 5.91 Å². The lowest BCUT2D eigenvalue weighted by atomic mass is 10.0. The van der Waals surface area contributed by atoms with Crippen LogP contribution in [0.1, 0.15) is 26.0 Å². The topological polar surface area (TPSA) is 68.0 Å². The zero-order chi connectivity index (χ0) is 12.7. The standard InChI is InChI=1S/C13H21N3O/c1-10(2)9-12(14)13(17)16-8-6-11-5-3-4-7-15-11/h3-5,7,10,12H,6,8-9,14H2,1-2H3,(H,16,17). The van der Waals surface area contributed by atoms with E-state index in [1.54, 1.807) is 6.20 Å². The Labute approximate surface area is 103 Å². The van der Waals surface area contributed by atoms with Crippen molar-refractivity contribution in [3.63, 3.8) is 0 Å². The molecule has 1 aromatic heterocycles. The molecule has 4 nitrogen and oxygen atoms in total. The van der Waals surface area contributed by atoms with Crippen molar-refractivity contribution in [3.05, 3.63) is 30.1 Å². The van der Waals surface area contributed by atoms with Crippen LogP contribution in [-0.4, -0.2) is 23.5 Å². The lowest BCUT2D eigenvalue weighted by Crippen LogP contribution is -2.42. The van der Waals surface area contributed by atoms with Crippen LogP contribution in [0.3, 0.4) is 0 Å². The Morgan fingerprint density at radius 2 is 2.24 bits per heavy atom. The van der Waals surface area contributed by atoms with Gasteiger partial charge in [-0.1, -0.05) is 19.9 Å². The van der Waals surface area contributed by atoms with E-state index < -0.39 is 6.04 Å². The molecule has 0 spiro atoms. The number of nitrogens with zero attached hydrogens (tertiary/aromatic N) is 1. The van der Waals surface area contributed by atoms with Gasteiger partial charge in [0.25, 0.3) is 0 Å². The van der Waals surface area contributed by atoms with Crippen molar-refractivity contribution in [1.29, 1.82) is 0 Å². The van der Waals surface area contributed by atoms with Gasteiger partial charge in [-0.15, -0.1) is 0 Å². The molecule has 0 aliphatic carbocycles. The molecule has 1 rings (SSSR count). The zero-order valence-electron chi connectivity index (χ0n) is 10.5. The van der Waals surface area contributed by atoms with Gasteiger partial charge in [-0.05, 0) is 24.5 Å². The monoisotopic (exact) mass is 235 g/mol. The van der Waals surface area contributed by atoms with E-state index in [1.165, 1.54) is 0 Å². The van der Waals surface area contributed by atoms with Gasteiger partial charge in [0.05, 0.1) is 6.04 Å². The Hall–Kier alpha value is -1.42. The van der Waals surface area contributed by atoms with Crippen molar-refractivity contribution in [2.24, 2.45) is 11.7 Å². The summed E-state index contributed by atoms with van der Waals surface area (Å²) < 4.78 is 0. The lowest BCUT2D eigenvalue weighted by molar-refractivity contribution is -0.122. The first-order valence-electron chi connectivity index (χ1n) is 6.02. The Morgan fingerprint density at radius 1 is 1.47 bits per heavy atom. The Bertz CT molecular complexity index is 338. The summed E-state index contributed by atoms with van der Waals surface area (Å²) in [5, 5.41) is 2.83. The van der Waals surface area contributed by atoms with E-state index in [4.69, 9.17) is 5.73 Å². The quantitative estimate of drug-likeness (QED) is 0.776. The smallest absolute Gasteiger partial charge is 0.236 e. The first-order chi connectivity index (χ1) is 8.09. The second-order valence-corrected chi connectivity index (χ2v) is 4.60. The van der Waals surface area contributed by atoms with Gasteiger partial charge in [0.15, 0.2) is 0 Å². The number of amides is 1. The molecule has 0 radical (unpaired) electrons. The van der Waals surface area contributed by atoms with Crippen molar-refractivity contribution in [2.75, 3.05) is 6.54 Å². The van der Waals surface area contributed by atoms with Crippen LogP contribution in [-0.2, 0) is 11.2 Å². The van der Waals surface area contributed by atoms with E-state index in [9.17, 15) is 4.79 Å². The maximum absolute atomic E-state index is 11.6. The normalized spacial score (nSPS) is 12.5. The van der Waals surface area contributed by atoms with Crippen LogP contribution in [0.4, 0.5) is 0 Å². The average Bonchev–Trinajstić information content (AvgIpc) is 2.29. The zero-order valence-corrected chi connectivity index (χ0v) is 10.5. The molecule has 17 heavy (non-hydrogen) atoms. The highest BCUT2D eigenvalue weighted by Gasteiger charge is 2.13. The first kappa shape index (κ1) is 13.6. The number of carbonyl (C=O) groups is 1. The van der Waals surface area contributed by atoms with Gasteiger partial charge in [0, 0.05) is 24.9 Å². The van der Waals surface area contributed by atoms with Gasteiger partial charge in [0.2, 0.25) is 5.91 Å². The van der Waals surface area contributed by atoms with Crippen molar-refractivity contribution >= 4 is 5.91 Å². The molecule has 0 saturated carbocycles. The number of aromatic nitrogens is 1. The number of nitrogens with one attached hydrogen (secondary N) is 1. The number of rotatable bonds is 6. The fraction of sp³-hybridized carbons (Fsp3) is 0.538. The van der Waals surface area contributed by atoms with E-state index in [0.29, 0.717) is 12.5 Å². The number of nitrogens with two attached hydrogens (primary N) is 1. The fourth-order valence-electron chi connectivity index (χ4n) is 1.61. The highest BCUT2D eigenvalue weighted by molar-refractivity contribution is 5.81. The summed E-state index contributed by atoms with van der Waals surface area (Å²) in [6, 6.07) is 5.36. The maximum atomic E-state index is 11.6. The number of carbonyl (C=O) groups excluding carboxylic acids is 1. The average molecular weight is 235 g/mol. The molecule has 1 amide bonds. The molecule has 1 heterocycles. The molecule has 4 heteroatoms. The molecule has 1 unspecified atom stereocenters. The SMILES string of the molecule is CC(C)CC(N)C(=O)NCCc1ccccn1. The minimum atomic E-state index is -0.404. The first-order valence-corrected chi connectivity index (χ1v) is 6.02. The Kier molecular flexibility index (Phi) is 5.63. The summed E-state index contributed by atoms with van der Waals surface area (Å²) >= 11 is 0. The van der Waals surface area contributed by atoms with Crippen LogP contribution >= 0.6 is 0 Å². The minimum absolute atomic E-state index is 0.0744. The van der Waals surface area contributed by atoms with Crippen LogP contribution in [0, 0.1) is 5.92 Å². The maximum Gasteiger partial charge on any atom is 0.236 e. The van der Waals surface area contributed by atoms with E-state index >= 15 is 0 Å². The van der Waals surface area contributed by atoms with Gasteiger partial charge in [0.1, 0.15) is 0 Å². The van der Waals surface area contributed by atoms with E-state index in [0.717, 1.165) is 18.5 Å². The third kappa shape index (κ3) is 5.45. The molecular weight excluding hydrogens is 214 g/mol. The third-order valence-electron chi connectivity index (χ3n) is 2.47. The summed E-state index contributed by atoms with van der Waals surface area (Å²) in [5.41, 5.74) is 6.75. The molecule has 0 bridgehead atoms. The van der Waals surface area contributed by atoms with Gasteiger partial charge >= 0.3 is 0 Å². The van der Waals surface area contributed by atoms with Gasteiger partial charge in [-0.3, -0.25) is 9.78 Å². The van der Waals surface area contributed by atoms with Crippen molar-refractivity contribution in [1.82, 2.24) is 10.3 Å². The Morgan fingerprint density at radius 3 is 2.82 bits per heavy atom. The predicted molar refractivity (Wildman–Crippen MR) is 68.4 cm³/mol. The van der Waals surface area contributed by atoms with Crippen LogP contribution < -0.4 is 11.1 Å². The molecule has 0 aromatic carbocycles. The van der Waals surface area contributed by atoms with Gasteiger partial charge in [-0.25, -0.2) is 0 Å². The molecular formula is C13H21N3O. The van der Waals surface area contributed by atoms with Gasteiger partial charge < -0.3 is 11.1 Å². The van der Waals surface area contributed by atoms with Crippen LogP contribution in [0.2, 0.25) is 0 Å². The van der Waals surface area contributed by atoms with E-state index in [1.807, 2.05) is 18.2 Å². The van der Waals surface area contributed by atoms with Crippen LogP contribution in [0.25, 0.3) is 0 Å². The molecule has 0 aliphatic rings. The molecule has 0 saturated heterocycles. The summed E-state index contributed by atoms with van der Waals surface area (Å²) in [6.07, 6.45) is 3.21. The third-order valence-corrected chi connectivity index (χ3v) is 2.47. The predicted octanol–water partition coefficient (Wildman–Crippen LogP) is 1.11. The number of hydrogen-bond acceptors (Lipinski definition) is 3. The highest BCUT2D eigenvalue weighted by Crippen LogP contribution is 2.02. The molecule has 0 aliphatic heterocycles. The number of pyridine rings is 1. The molecule has 0 fully saturated rings. The second kappa shape index (κ2) is 7.01. The summed E-state index contributed by atoms with van der Waals surface area (Å²) in [6.45, 7) is 4.70. The van der Waals surface area contributed by atoms with E-state index in [2.05, 4.69) is 24.1 Å². The number of hydrogen-bond donors (Lipinski definition) is 2. The van der Waals surface area contributed by atoms with Gasteiger partial charge in [-0.2, -0.15) is 0 Å². The largest absolute Gasteiger partial charge is 0.354 e. The molecule has 1 atom stereocenters. The lowest BCUT2D eigenvalue weighted by Gasteiger charge is -2.13. The summed E-state index contributed by atoms with van der Waals surface area (Å²) in [7, 11) is 0. The highest BCUT2D eigenvalue weighted by atomic mass is 16.2. The van der Waals surface area contributed by atoms with Crippen molar-refractivity contribution in [3.8, 4) is 0 Å². The second-order valence-electron chi connectivity index (χ2n) is 4.60. The summed E-state index contributed by atoms with van der Waals surface area (Å²) in [4.78, 5) is 15.8. The summed E-state index contributed by atoms with van der Waals surface area (Å²) in [5.74, 6) is 0.362. The molecule has 1 aromatic rings. The fourth-order valence-corrected chi connectivity index (χ4v) is 1.61. The minimum Gasteiger partial charge on any atom is -0.354 e. The molecule has 3 N–H and O–H groups in total. The van der Waals surface area contributed by atoms with Crippen molar-refractivity contribution in [2.45, 2.75) is 32.7 Å². The van der Waals surface area contributed by atoms with Crippen LogP contribution in [0.5, 0.6) is 0 Å². The van der Waals surface area contributed by atoms with Crippen LogP contribution in [0.15, 0.2) is 24.4 Å².